The van der Waals surface area contributed by atoms with Crippen molar-refractivity contribution in [3.05, 3.63) is 72.6 Å². The molecule has 0 spiro atoms. The van der Waals surface area contributed by atoms with Crippen molar-refractivity contribution in [1.82, 2.24) is 19.5 Å². The Balaban J connectivity index is 1.51. The molecule has 0 amide bonds. The van der Waals surface area contributed by atoms with E-state index in [9.17, 15) is 15.3 Å². The number of hydrogen-bond acceptors (Lipinski definition) is 9. The summed E-state index contributed by atoms with van der Waals surface area (Å²) >= 11 is 1.41. The van der Waals surface area contributed by atoms with Crippen molar-refractivity contribution in [2.75, 3.05) is 11.9 Å². The Morgan fingerprint density at radius 2 is 1.74 bits per heavy atom. The SMILES string of the molecule is CC(Cc1ccccc1)Nc1nc(Sc2ccccc2)nc2c1ncn2C1O[C@H](CO)[C@@H](O)[C@H]1O. The van der Waals surface area contributed by atoms with Gasteiger partial charge in [0.05, 0.1) is 12.9 Å². The molecule has 0 saturated carbocycles. The lowest BCUT2D eigenvalue weighted by Gasteiger charge is -2.18. The molecule has 2 aromatic heterocycles. The van der Waals surface area contributed by atoms with Gasteiger partial charge in [-0.2, -0.15) is 0 Å². The molecule has 1 fully saturated rings. The summed E-state index contributed by atoms with van der Waals surface area (Å²) in [5, 5.41) is 34.3. The molecule has 2 unspecified atom stereocenters. The summed E-state index contributed by atoms with van der Waals surface area (Å²) in [7, 11) is 0. The van der Waals surface area contributed by atoms with Gasteiger partial charge in [0.25, 0.3) is 0 Å². The number of ether oxygens (including phenoxy) is 1. The molecule has 10 heteroatoms. The van der Waals surface area contributed by atoms with Crippen LogP contribution >= 0.6 is 11.8 Å². The molecule has 0 aliphatic carbocycles. The minimum absolute atomic E-state index is 0.0594. The minimum atomic E-state index is -1.24. The van der Waals surface area contributed by atoms with Gasteiger partial charge in [0.1, 0.15) is 18.3 Å². The molecule has 4 aromatic rings. The van der Waals surface area contributed by atoms with Gasteiger partial charge in [-0.3, -0.25) is 4.57 Å². The van der Waals surface area contributed by atoms with Crippen LogP contribution in [0.3, 0.4) is 0 Å². The second-order valence-corrected chi connectivity index (χ2v) is 9.60. The molecular formula is C25H27N5O4S. The van der Waals surface area contributed by atoms with E-state index < -0.39 is 31.1 Å². The number of nitrogens with zero attached hydrogens (tertiary/aromatic N) is 4. The van der Waals surface area contributed by atoms with E-state index in [0.717, 1.165) is 11.3 Å². The fraction of sp³-hybridized carbons (Fsp3) is 0.320. The predicted octanol–water partition coefficient (Wildman–Crippen LogP) is 2.63. The highest BCUT2D eigenvalue weighted by atomic mass is 32.2. The minimum Gasteiger partial charge on any atom is -0.394 e. The van der Waals surface area contributed by atoms with Gasteiger partial charge in [-0.1, -0.05) is 48.5 Å². The first-order valence-electron chi connectivity index (χ1n) is 11.4. The van der Waals surface area contributed by atoms with Gasteiger partial charge in [-0.25, -0.2) is 15.0 Å². The molecule has 4 N–H and O–H groups in total. The van der Waals surface area contributed by atoms with E-state index in [1.165, 1.54) is 23.7 Å². The largest absolute Gasteiger partial charge is 0.394 e. The second kappa shape index (κ2) is 10.3. The molecule has 0 bridgehead atoms. The third kappa shape index (κ3) is 5.02. The summed E-state index contributed by atoms with van der Waals surface area (Å²) in [5.74, 6) is 0.572. The molecule has 5 atom stereocenters. The van der Waals surface area contributed by atoms with Gasteiger partial charge >= 0.3 is 0 Å². The fourth-order valence-corrected chi connectivity index (χ4v) is 4.96. The molecule has 35 heavy (non-hydrogen) atoms. The van der Waals surface area contributed by atoms with Crippen LogP contribution < -0.4 is 5.32 Å². The number of hydrogen-bond donors (Lipinski definition) is 4. The van der Waals surface area contributed by atoms with E-state index in [-0.39, 0.29) is 6.04 Å². The first kappa shape index (κ1) is 23.7. The van der Waals surface area contributed by atoms with Crippen LogP contribution in [0.25, 0.3) is 11.2 Å². The van der Waals surface area contributed by atoms with Crippen LogP contribution in [-0.2, 0) is 11.2 Å². The van der Waals surface area contributed by atoms with Crippen molar-refractivity contribution in [2.45, 2.75) is 54.0 Å². The highest BCUT2D eigenvalue weighted by molar-refractivity contribution is 7.99. The molecule has 1 aliphatic rings. The number of fused-ring (bicyclic) bond motifs is 1. The highest BCUT2D eigenvalue weighted by Gasteiger charge is 2.44. The van der Waals surface area contributed by atoms with Crippen molar-refractivity contribution in [2.24, 2.45) is 0 Å². The predicted molar refractivity (Wildman–Crippen MR) is 132 cm³/mol. The number of benzene rings is 2. The van der Waals surface area contributed by atoms with Crippen molar-refractivity contribution in [3.63, 3.8) is 0 Å². The number of aliphatic hydroxyl groups excluding tert-OH is 3. The van der Waals surface area contributed by atoms with Gasteiger partial charge in [-0.05, 0) is 42.8 Å². The zero-order valence-corrected chi connectivity index (χ0v) is 19.9. The zero-order chi connectivity index (χ0) is 24.4. The van der Waals surface area contributed by atoms with Crippen LogP contribution in [0.4, 0.5) is 5.82 Å². The third-order valence-electron chi connectivity index (χ3n) is 5.91. The maximum atomic E-state index is 10.6. The molecule has 2 aromatic carbocycles. The maximum Gasteiger partial charge on any atom is 0.196 e. The van der Waals surface area contributed by atoms with Crippen LogP contribution in [0.1, 0.15) is 18.7 Å². The van der Waals surface area contributed by atoms with Crippen LogP contribution in [0, 0.1) is 0 Å². The molecule has 1 saturated heterocycles. The smallest absolute Gasteiger partial charge is 0.196 e. The van der Waals surface area contributed by atoms with E-state index in [4.69, 9.17) is 14.7 Å². The normalized spacial score (nSPS) is 23.0. The summed E-state index contributed by atoms with van der Waals surface area (Å²) in [5.41, 5.74) is 2.19. The topological polar surface area (TPSA) is 126 Å². The van der Waals surface area contributed by atoms with Crippen molar-refractivity contribution in [1.29, 1.82) is 0 Å². The quantitative estimate of drug-likeness (QED) is 0.274. The Kier molecular flexibility index (Phi) is 6.98. The summed E-state index contributed by atoms with van der Waals surface area (Å²) in [6.07, 6.45) is -1.97. The Morgan fingerprint density at radius 1 is 1.03 bits per heavy atom. The molecule has 182 valence electrons. The number of aromatic nitrogens is 4. The van der Waals surface area contributed by atoms with Gasteiger partial charge in [0.2, 0.25) is 0 Å². The highest BCUT2D eigenvalue weighted by Crippen LogP contribution is 2.34. The Labute approximate surface area is 206 Å². The summed E-state index contributed by atoms with van der Waals surface area (Å²) in [6.45, 7) is 1.67. The average Bonchev–Trinajstić information content (AvgIpc) is 3.41. The first-order valence-corrected chi connectivity index (χ1v) is 12.3. The maximum absolute atomic E-state index is 10.6. The monoisotopic (exact) mass is 493 g/mol. The summed E-state index contributed by atoms with van der Waals surface area (Å²) in [6, 6.07) is 20.1. The third-order valence-corrected chi connectivity index (χ3v) is 6.79. The zero-order valence-electron chi connectivity index (χ0n) is 19.1. The average molecular weight is 494 g/mol. The molecule has 3 heterocycles. The first-order chi connectivity index (χ1) is 17.0. The van der Waals surface area contributed by atoms with E-state index in [1.54, 1.807) is 4.57 Å². The van der Waals surface area contributed by atoms with Crippen molar-refractivity contribution >= 4 is 28.7 Å². The van der Waals surface area contributed by atoms with Gasteiger partial charge in [0, 0.05) is 10.9 Å². The van der Waals surface area contributed by atoms with Crippen LogP contribution in [-0.4, -0.2) is 65.8 Å². The number of rotatable bonds is 8. The molecule has 1 aliphatic heterocycles. The Bertz CT molecular complexity index is 1270. The number of aliphatic hydroxyl groups is 3. The standard InChI is InChI=1S/C25H27N5O4S/c1-15(12-16-8-4-2-5-9-16)27-22-19-23(29-25(28-22)35-17-10-6-3-7-11-17)30(14-26-19)24-21(33)20(32)18(13-31)34-24/h2-11,14-15,18,20-21,24,31-33H,12-13H2,1H3,(H,27,28,29)/t15?,18-,20-,21-,24?/m1/s1. The van der Waals surface area contributed by atoms with Crippen LogP contribution in [0.5, 0.6) is 0 Å². The summed E-state index contributed by atoms with van der Waals surface area (Å²) in [4.78, 5) is 15.0. The van der Waals surface area contributed by atoms with Gasteiger partial charge in [0.15, 0.2) is 28.4 Å². The lowest BCUT2D eigenvalue weighted by atomic mass is 10.1. The molecule has 5 rings (SSSR count). The number of anilines is 1. The summed E-state index contributed by atoms with van der Waals surface area (Å²) < 4.78 is 7.32. The van der Waals surface area contributed by atoms with E-state index in [1.807, 2.05) is 48.5 Å². The number of nitrogens with one attached hydrogen (secondary N) is 1. The van der Waals surface area contributed by atoms with Gasteiger partial charge < -0.3 is 25.4 Å². The van der Waals surface area contributed by atoms with Crippen molar-refractivity contribution in [3.8, 4) is 0 Å². The Hall–Kier alpha value is -3.02. The fourth-order valence-electron chi connectivity index (χ4n) is 4.18. The van der Waals surface area contributed by atoms with E-state index >= 15 is 0 Å². The van der Waals surface area contributed by atoms with Crippen LogP contribution in [0.2, 0.25) is 0 Å². The van der Waals surface area contributed by atoms with E-state index in [2.05, 4.69) is 29.4 Å². The second-order valence-electron chi connectivity index (χ2n) is 8.56. The van der Waals surface area contributed by atoms with Crippen molar-refractivity contribution < 1.29 is 20.1 Å². The lowest BCUT2D eigenvalue weighted by Crippen LogP contribution is -2.33. The van der Waals surface area contributed by atoms with Gasteiger partial charge in [-0.15, -0.1) is 0 Å². The van der Waals surface area contributed by atoms with E-state index in [0.29, 0.717) is 22.1 Å². The molecule has 9 nitrogen and oxygen atoms in total. The number of imidazole rings is 1. The molecule has 0 radical (unpaired) electrons. The molecular weight excluding hydrogens is 466 g/mol. The van der Waals surface area contributed by atoms with Crippen LogP contribution in [0.15, 0.2) is 77.0 Å². The lowest BCUT2D eigenvalue weighted by molar-refractivity contribution is -0.0511. The Morgan fingerprint density at radius 3 is 2.43 bits per heavy atom.